The molecule has 0 radical (unpaired) electrons. The molecule has 0 aliphatic carbocycles. The van der Waals surface area contributed by atoms with Gasteiger partial charge in [0.2, 0.25) is 0 Å². The molecule has 7 heteroatoms. The van der Waals surface area contributed by atoms with E-state index in [2.05, 4.69) is 69.6 Å². The van der Waals surface area contributed by atoms with Crippen LogP contribution in [0.2, 0.25) is 0 Å². The monoisotopic (exact) mass is 511 g/mol. The first-order valence-electron chi connectivity index (χ1n) is 12.9. The maximum absolute atomic E-state index is 5.50. The lowest BCUT2D eigenvalue weighted by Gasteiger charge is -2.38. The lowest BCUT2D eigenvalue weighted by Crippen LogP contribution is -2.40. The van der Waals surface area contributed by atoms with Crippen molar-refractivity contribution >= 4 is 22.1 Å². The molecule has 7 nitrogen and oxygen atoms in total. The molecule has 1 aliphatic heterocycles. The summed E-state index contributed by atoms with van der Waals surface area (Å²) < 4.78 is 15.5. The first-order chi connectivity index (χ1) is 18.1. The van der Waals surface area contributed by atoms with Crippen molar-refractivity contribution in [3.63, 3.8) is 0 Å². The van der Waals surface area contributed by atoms with E-state index in [-0.39, 0.29) is 7.43 Å². The van der Waals surface area contributed by atoms with Crippen LogP contribution in [0.1, 0.15) is 37.9 Å². The SMILES string of the molecule is C.COc1ccc(Cn2cnc3c2ncc2ccn([C@H]4CN(Cc5ccccc5)CC[C@H]4C)c23)cc1OC. The van der Waals surface area contributed by atoms with Gasteiger partial charge in [0.15, 0.2) is 17.1 Å². The minimum absolute atomic E-state index is 0. The summed E-state index contributed by atoms with van der Waals surface area (Å²) in [6.07, 6.45) is 7.29. The zero-order valence-corrected chi connectivity index (χ0v) is 21.7. The van der Waals surface area contributed by atoms with Crippen molar-refractivity contribution in [3.05, 3.63) is 84.4 Å². The van der Waals surface area contributed by atoms with Crippen LogP contribution in [0.5, 0.6) is 11.5 Å². The standard InChI is InChI=1S/C30H33N5O2.CH4/c1-21-11-13-33(17-22-7-5-4-6-8-22)19-25(21)35-14-12-24-16-31-30-28(29(24)35)32-20-34(30)18-23-9-10-26(36-2)27(15-23)37-3;/h4-10,12,14-16,20-21,25H,11,13,17-19H2,1-3H3;1H4/t21-,25+;/m1./s1. The second-order valence-corrected chi connectivity index (χ2v) is 10.1. The van der Waals surface area contributed by atoms with Gasteiger partial charge in [0.1, 0.15) is 5.52 Å². The molecule has 1 fully saturated rings. The lowest BCUT2D eigenvalue weighted by atomic mass is 9.92. The topological polar surface area (TPSA) is 57.3 Å². The van der Waals surface area contributed by atoms with Crippen molar-refractivity contribution in [1.82, 2.24) is 24.0 Å². The van der Waals surface area contributed by atoms with Crippen molar-refractivity contribution in [2.45, 2.75) is 39.9 Å². The second kappa shape index (κ2) is 10.9. The molecule has 0 amide bonds. The Morgan fingerprint density at radius 2 is 1.74 bits per heavy atom. The Morgan fingerprint density at radius 1 is 0.921 bits per heavy atom. The van der Waals surface area contributed by atoms with E-state index in [0.717, 1.165) is 53.2 Å². The van der Waals surface area contributed by atoms with Gasteiger partial charge < -0.3 is 18.6 Å². The molecule has 38 heavy (non-hydrogen) atoms. The highest BCUT2D eigenvalue weighted by Gasteiger charge is 2.29. The van der Waals surface area contributed by atoms with Crippen LogP contribution in [-0.4, -0.2) is 51.3 Å². The lowest BCUT2D eigenvalue weighted by molar-refractivity contribution is 0.129. The van der Waals surface area contributed by atoms with Crippen LogP contribution in [0, 0.1) is 5.92 Å². The molecule has 5 aromatic rings. The van der Waals surface area contributed by atoms with E-state index < -0.39 is 0 Å². The van der Waals surface area contributed by atoms with Gasteiger partial charge in [-0.25, -0.2) is 9.97 Å². The Hall–Kier alpha value is -3.84. The van der Waals surface area contributed by atoms with E-state index >= 15 is 0 Å². The third-order valence-corrected chi connectivity index (χ3v) is 7.72. The number of imidazole rings is 1. The van der Waals surface area contributed by atoms with E-state index in [1.807, 2.05) is 24.7 Å². The van der Waals surface area contributed by atoms with Crippen LogP contribution in [-0.2, 0) is 13.1 Å². The molecular weight excluding hydrogens is 474 g/mol. The van der Waals surface area contributed by atoms with Gasteiger partial charge in [0.05, 0.1) is 32.6 Å². The summed E-state index contributed by atoms with van der Waals surface area (Å²) >= 11 is 0. The quantitative estimate of drug-likeness (QED) is 0.262. The Morgan fingerprint density at radius 3 is 2.53 bits per heavy atom. The number of likely N-dealkylation sites (tertiary alicyclic amines) is 1. The van der Waals surface area contributed by atoms with Crippen molar-refractivity contribution in [2.24, 2.45) is 5.92 Å². The fourth-order valence-electron chi connectivity index (χ4n) is 5.66. The number of hydrogen-bond acceptors (Lipinski definition) is 5. The maximum atomic E-state index is 5.50. The number of piperidine rings is 1. The van der Waals surface area contributed by atoms with Gasteiger partial charge in [0.25, 0.3) is 0 Å². The minimum Gasteiger partial charge on any atom is -0.493 e. The maximum Gasteiger partial charge on any atom is 0.162 e. The summed E-state index contributed by atoms with van der Waals surface area (Å²) in [4.78, 5) is 12.3. The van der Waals surface area contributed by atoms with Crippen LogP contribution in [0.3, 0.4) is 0 Å². The summed E-state index contributed by atoms with van der Waals surface area (Å²) in [5.41, 5.74) is 5.50. The summed E-state index contributed by atoms with van der Waals surface area (Å²) in [5, 5.41) is 1.14. The number of nitrogens with zero attached hydrogens (tertiary/aromatic N) is 5. The van der Waals surface area contributed by atoms with E-state index in [9.17, 15) is 0 Å². The summed E-state index contributed by atoms with van der Waals surface area (Å²) in [6, 6.07) is 19.3. The number of benzene rings is 2. The molecule has 2 aromatic carbocycles. The highest BCUT2D eigenvalue weighted by atomic mass is 16.5. The van der Waals surface area contributed by atoms with Crippen LogP contribution < -0.4 is 9.47 Å². The first-order valence-corrected chi connectivity index (χ1v) is 12.9. The van der Waals surface area contributed by atoms with Crippen LogP contribution in [0.25, 0.3) is 22.1 Å². The molecule has 4 heterocycles. The van der Waals surface area contributed by atoms with Gasteiger partial charge in [-0.05, 0) is 48.2 Å². The molecule has 1 saturated heterocycles. The minimum atomic E-state index is 0. The summed E-state index contributed by atoms with van der Waals surface area (Å²) in [5.74, 6) is 2.03. The van der Waals surface area contributed by atoms with E-state index in [0.29, 0.717) is 18.5 Å². The summed E-state index contributed by atoms with van der Waals surface area (Å²) in [6.45, 7) is 6.17. The molecule has 1 aliphatic rings. The first kappa shape index (κ1) is 25.8. The number of pyridine rings is 1. The number of aromatic nitrogens is 4. The van der Waals surface area contributed by atoms with Gasteiger partial charge in [-0.1, -0.05) is 50.7 Å². The van der Waals surface area contributed by atoms with Crippen molar-refractivity contribution < 1.29 is 9.47 Å². The van der Waals surface area contributed by atoms with Gasteiger partial charge in [-0.2, -0.15) is 0 Å². The molecule has 0 unspecified atom stereocenters. The van der Waals surface area contributed by atoms with Gasteiger partial charge in [0, 0.05) is 36.9 Å². The fraction of sp³-hybridized carbons (Fsp3) is 0.355. The Balaban J connectivity index is 0.00000294. The van der Waals surface area contributed by atoms with E-state index in [1.165, 1.54) is 17.5 Å². The van der Waals surface area contributed by atoms with Crippen LogP contribution >= 0.6 is 0 Å². The van der Waals surface area contributed by atoms with Crippen molar-refractivity contribution in [2.75, 3.05) is 27.3 Å². The van der Waals surface area contributed by atoms with Crippen molar-refractivity contribution in [1.29, 1.82) is 0 Å². The second-order valence-electron chi connectivity index (χ2n) is 10.1. The van der Waals surface area contributed by atoms with Crippen LogP contribution in [0.4, 0.5) is 0 Å². The molecule has 2 atom stereocenters. The third kappa shape index (κ3) is 4.74. The predicted molar refractivity (Wildman–Crippen MR) is 153 cm³/mol. The van der Waals surface area contributed by atoms with E-state index in [1.54, 1.807) is 14.2 Å². The molecule has 3 aromatic heterocycles. The number of hydrogen-bond donors (Lipinski definition) is 0. The zero-order chi connectivity index (χ0) is 25.4. The Kier molecular flexibility index (Phi) is 7.38. The van der Waals surface area contributed by atoms with Crippen molar-refractivity contribution in [3.8, 4) is 11.5 Å². The summed E-state index contributed by atoms with van der Waals surface area (Å²) in [7, 11) is 3.31. The normalized spacial score (nSPS) is 18.0. The number of rotatable bonds is 7. The van der Waals surface area contributed by atoms with Gasteiger partial charge in [-0.15, -0.1) is 0 Å². The zero-order valence-electron chi connectivity index (χ0n) is 21.7. The smallest absolute Gasteiger partial charge is 0.162 e. The van der Waals surface area contributed by atoms with Gasteiger partial charge in [-0.3, -0.25) is 4.90 Å². The Labute approximate surface area is 224 Å². The molecule has 0 N–H and O–H groups in total. The average Bonchev–Trinajstić information content (AvgIpc) is 3.54. The highest BCUT2D eigenvalue weighted by Crippen LogP contribution is 2.34. The number of fused-ring (bicyclic) bond motifs is 3. The fourth-order valence-corrected chi connectivity index (χ4v) is 5.66. The van der Waals surface area contributed by atoms with E-state index in [4.69, 9.17) is 19.4 Å². The molecule has 0 saturated carbocycles. The average molecular weight is 512 g/mol. The molecule has 6 rings (SSSR count). The Bertz CT molecular complexity index is 1520. The largest absolute Gasteiger partial charge is 0.493 e. The molecule has 198 valence electrons. The molecular formula is C31H37N5O2. The molecule has 0 bridgehead atoms. The third-order valence-electron chi connectivity index (χ3n) is 7.72. The molecule has 0 spiro atoms. The highest BCUT2D eigenvalue weighted by molar-refractivity contribution is 6.00. The predicted octanol–water partition coefficient (Wildman–Crippen LogP) is 6.17. The number of ether oxygens (including phenoxy) is 2. The van der Waals surface area contributed by atoms with Crippen LogP contribution in [0.15, 0.2) is 73.3 Å². The van der Waals surface area contributed by atoms with Gasteiger partial charge >= 0.3 is 0 Å². The number of methoxy groups -OCH3 is 2.